The van der Waals surface area contributed by atoms with Crippen molar-refractivity contribution in [2.75, 3.05) is 11.9 Å². The van der Waals surface area contributed by atoms with Gasteiger partial charge in [0.15, 0.2) is 6.61 Å². The SMILES string of the molecule is Cc1nn(C)c(C)c1NC(=O)COC(=O)c1cc2c(s1)CC[C@H](C)C2. The van der Waals surface area contributed by atoms with Gasteiger partial charge in [0.2, 0.25) is 0 Å². The Morgan fingerprint density at radius 1 is 1.44 bits per heavy atom. The van der Waals surface area contributed by atoms with Gasteiger partial charge in [0.05, 0.1) is 17.1 Å². The third kappa shape index (κ3) is 3.76. The molecular weight excluding hydrogens is 338 g/mol. The minimum atomic E-state index is -0.429. The van der Waals surface area contributed by atoms with Crippen molar-refractivity contribution in [1.29, 1.82) is 0 Å². The van der Waals surface area contributed by atoms with Gasteiger partial charge in [-0.3, -0.25) is 9.48 Å². The van der Waals surface area contributed by atoms with Crippen LogP contribution in [0, 0.1) is 19.8 Å². The highest BCUT2D eigenvalue weighted by Gasteiger charge is 2.22. The second-order valence-corrected chi connectivity index (χ2v) is 7.84. The summed E-state index contributed by atoms with van der Waals surface area (Å²) in [5, 5.41) is 7.01. The van der Waals surface area contributed by atoms with E-state index in [1.807, 2.05) is 27.0 Å². The molecule has 1 N–H and O–H groups in total. The van der Waals surface area contributed by atoms with Gasteiger partial charge in [-0.2, -0.15) is 5.10 Å². The molecule has 0 fully saturated rings. The van der Waals surface area contributed by atoms with Crippen molar-refractivity contribution < 1.29 is 14.3 Å². The topological polar surface area (TPSA) is 73.2 Å². The van der Waals surface area contributed by atoms with Crippen molar-refractivity contribution in [2.24, 2.45) is 13.0 Å². The van der Waals surface area contributed by atoms with Gasteiger partial charge in [-0.25, -0.2) is 4.79 Å². The Bertz CT molecular complexity index is 822. The number of amides is 1. The minimum absolute atomic E-state index is 0.300. The molecule has 1 atom stereocenters. The van der Waals surface area contributed by atoms with Crippen molar-refractivity contribution in [1.82, 2.24) is 9.78 Å². The number of nitrogens with one attached hydrogen (secondary N) is 1. The zero-order valence-corrected chi connectivity index (χ0v) is 15.8. The zero-order chi connectivity index (χ0) is 18.1. The van der Waals surface area contributed by atoms with Crippen LogP contribution in [0.1, 0.15) is 44.8 Å². The molecule has 3 rings (SSSR count). The van der Waals surface area contributed by atoms with E-state index >= 15 is 0 Å². The molecule has 25 heavy (non-hydrogen) atoms. The lowest BCUT2D eigenvalue weighted by Crippen LogP contribution is -2.21. The summed E-state index contributed by atoms with van der Waals surface area (Å²) in [4.78, 5) is 26.2. The third-order valence-electron chi connectivity index (χ3n) is 4.64. The molecule has 0 aromatic carbocycles. The Kier molecular flexibility index (Phi) is 4.94. The maximum atomic E-state index is 12.2. The molecule has 0 radical (unpaired) electrons. The van der Waals surface area contributed by atoms with Crippen LogP contribution in [0.4, 0.5) is 5.69 Å². The molecule has 0 spiro atoms. The Hall–Kier alpha value is -2.15. The van der Waals surface area contributed by atoms with Gasteiger partial charge in [0.1, 0.15) is 4.88 Å². The molecule has 1 aliphatic rings. The van der Waals surface area contributed by atoms with Gasteiger partial charge in [0, 0.05) is 11.9 Å². The van der Waals surface area contributed by atoms with Crippen LogP contribution in [-0.2, 0) is 29.4 Å². The lowest BCUT2D eigenvalue weighted by molar-refractivity contribution is -0.119. The number of aromatic nitrogens is 2. The normalized spacial score (nSPS) is 16.4. The van der Waals surface area contributed by atoms with Crippen LogP contribution in [0.3, 0.4) is 0 Å². The molecule has 2 heterocycles. The van der Waals surface area contributed by atoms with Crippen LogP contribution in [0.2, 0.25) is 0 Å². The number of esters is 1. The average Bonchev–Trinajstić information content (AvgIpc) is 3.08. The van der Waals surface area contributed by atoms with Gasteiger partial charge in [0.25, 0.3) is 5.91 Å². The molecule has 7 heteroatoms. The van der Waals surface area contributed by atoms with Gasteiger partial charge in [-0.1, -0.05) is 6.92 Å². The molecule has 1 amide bonds. The number of nitrogens with zero attached hydrogens (tertiary/aromatic N) is 2. The van der Waals surface area contributed by atoms with E-state index in [1.54, 1.807) is 4.68 Å². The smallest absolute Gasteiger partial charge is 0.348 e. The summed E-state index contributed by atoms with van der Waals surface area (Å²) in [6.07, 6.45) is 3.20. The van der Waals surface area contributed by atoms with E-state index in [0.717, 1.165) is 30.7 Å². The first-order chi connectivity index (χ1) is 11.8. The van der Waals surface area contributed by atoms with Crippen molar-refractivity contribution in [3.8, 4) is 0 Å². The largest absolute Gasteiger partial charge is 0.451 e. The Labute approximate surface area is 151 Å². The highest BCUT2D eigenvalue weighted by atomic mass is 32.1. The first-order valence-corrected chi connectivity index (χ1v) is 9.25. The highest BCUT2D eigenvalue weighted by Crippen LogP contribution is 2.32. The van der Waals surface area contributed by atoms with Gasteiger partial charge in [-0.05, 0) is 50.7 Å². The molecule has 0 bridgehead atoms. The van der Waals surface area contributed by atoms with Crippen molar-refractivity contribution in [3.05, 3.63) is 32.8 Å². The summed E-state index contributed by atoms with van der Waals surface area (Å²) in [6.45, 7) is 5.63. The predicted molar refractivity (Wildman–Crippen MR) is 97.1 cm³/mol. The monoisotopic (exact) mass is 361 g/mol. The van der Waals surface area contributed by atoms with E-state index in [0.29, 0.717) is 16.5 Å². The van der Waals surface area contributed by atoms with Crippen molar-refractivity contribution >= 4 is 28.9 Å². The number of aryl methyl sites for hydroxylation is 3. The maximum Gasteiger partial charge on any atom is 0.348 e. The molecule has 134 valence electrons. The first-order valence-electron chi connectivity index (χ1n) is 8.44. The Balaban J connectivity index is 1.58. The van der Waals surface area contributed by atoms with E-state index in [2.05, 4.69) is 17.3 Å². The van der Waals surface area contributed by atoms with Crippen molar-refractivity contribution in [2.45, 2.75) is 40.0 Å². The summed E-state index contributed by atoms with van der Waals surface area (Å²) in [6, 6.07) is 1.92. The molecule has 2 aromatic rings. The average molecular weight is 361 g/mol. The zero-order valence-electron chi connectivity index (χ0n) is 15.0. The summed E-state index contributed by atoms with van der Waals surface area (Å²) in [7, 11) is 1.82. The number of carbonyl (C=O) groups is 2. The number of carbonyl (C=O) groups excluding carboxylic acids is 2. The fraction of sp³-hybridized carbons (Fsp3) is 0.500. The molecule has 2 aromatic heterocycles. The summed E-state index contributed by atoms with van der Waals surface area (Å²) >= 11 is 1.49. The van der Waals surface area contributed by atoms with Crippen LogP contribution in [-0.4, -0.2) is 28.3 Å². The van der Waals surface area contributed by atoms with Crippen LogP contribution < -0.4 is 5.32 Å². The minimum Gasteiger partial charge on any atom is -0.451 e. The van der Waals surface area contributed by atoms with Crippen LogP contribution in [0.25, 0.3) is 0 Å². The van der Waals surface area contributed by atoms with E-state index in [-0.39, 0.29) is 12.5 Å². The number of hydrogen-bond acceptors (Lipinski definition) is 5. The molecule has 0 saturated heterocycles. The summed E-state index contributed by atoms with van der Waals surface area (Å²) in [5.74, 6) is -0.132. The maximum absolute atomic E-state index is 12.2. The van der Waals surface area contributed by atoms with Gasteiger partial charge < -0.3 is 10.1 Å². The van der Waals surface area contributed by atoms with Crippen molar-refractivity contribution in [3.63, 3.8) is 0 Å². The van der Waals surface area contributed by atoms with Gasteiger partial charge >= 0.3 is 5.97 Å². The summed E-state index contributed by atoms with van der Waals surface area (Å²) in [5.41, 5.74) is 3.52. The van der Waals surface area contributed by atoms with E-state index < -0.39 is 5.97 Å². The summed E-state index contributed by atoms with van der Waals surface area (Å²) < 4.78 is 6.89. The lowest BCUT2D eigenvalue weighted by Gasteiger charge is -2.16. The second-order valence-electron chi connectivity index (χ2n) is 6.70. The van der Waals surface area contributed by atoms with Crippen LogP contribution in [0.5, 0.6) is 0 Å². The molecule has 6 nitrogen and oxygen atoms in total. The molecule has 0 aliphatic heterocycles. The fourth-order valence-corrected chi connectivity index (χ4v) is 4.24. The number of thiophene rings is 1. The third-order valence-corrected chi connectivity index (χ3v) is 5.86. The van der Waals surface area contributed by atoms with Crippen LogP contribution in [0.15, 0.2) is 6.07 Å². The number of rotatable bonds is 4. The first kappa shape index (κ1) is 17.7. The quantitative estimate of drug-likeness (QED) is 0.850. The Morgan fingerprint density at radius 2 is 2.20 bits per heavy atom. The van der Waals surface area contributed by atoms with E-state index in [1.165, 1.54) is 21.8 Å². The predicted octanol–water partition coefficient (Wildman–Crippen LogP) is 3.02. The molecule has 0 saturated carbocycles. The second kappa shape index (κ2) is 7.00. The highest BCUT2D eigenvalue weighted by molar-refractivity contribution is 7.14. The molecule has 0 unspecified atom stereocenters. The van der Waals surface area contributed by atoms with Gasteiger partial charge in [-0.15, -0.1) is 11.3 Å². The molecular formula is C18H23N3O3S. The number of hydrogen-bond donors (Lipinski definition) is 1. The van der Waals surface area contributed by atoms with E-state index in [4.69, 9.17) is 4.74 Å². The van der Waals surface area contributed by atoms with Crippen LogP contribution >= 0.6 is 11.3 Å². The van der Waals surface area contributed by atoms with E-state index in [9.17, 15) is 9.59 Å². The standard InChI is InChI=1S/C18H23N3O3S/c1-10-5-6-14-13(7-10)8-15(25-14)18(23)24-9-16(22)19-17-11(2)20-21(4)12(17)3/h8,10H,5-7,9H2,1-4H3,(H,19,22)/t10-/m0/s1. The lowest BCUT2D eigenvalue weighted by atomic mass is 9.90. The number of ether oxygens (including phenoxy) is 1. The Morgan fingerprint density at radius 3 is 2.88 bits per heavy atom. The number of anilines is 1. The fourth-order valence-electron chi connectivity index (χ4n) is 3.14. The number of fused-ring (bicyclic) bond motifs is 1. The molecule has 1 aliphatic carbocycles.